The number of nitrogens with two attached hydrogens (primary N) is 1. The first-order valence-electron chi connectivity index (χ1n) is 5.62. The molecule has 4 heteroatoms. The highest BCUT2D eigenvalue weighted by Crippen LogP contribution is 2.25. The Labute approximate surface area is 101 Å². The third-order valence-corrected chi connectivity index (χ3v) is 2.65. The van der Waals surface area contributed by atoms with E-state index >= 15 is 0 Å². The van der Waals surface area contributed by atoms with Gasteiger partial charge in [0, 0.05) is 11.1 Å². The Balaban J connectivity index is 2.48. The summed E-state index contributed by atoms with van der Waals surface area (Å²) in [7, 11) is 0. The van der Waals surface area contributed by atoms with Gasteiger partial charge >= 0.3 is 0 Å². The molecule has 0 saturated carbocycles. The number of hydrogen-bond donors (Lipinski definition) is 2. The Morgan fingerprint density at radius 3 is 2.41 bits per heavy atom. The molecule has 1 aromatic heterocycles. The molecule has 2 rings (SSSR count). The number of benzene rings is 1. The molecule has 0 aliphatic carbocycles. The van der Waals surface area contributed by atoms with Gasteiger partial charge in [0.05, 0.1) is 5.69 Å². The van der Waals surface area contributed by atoms with Crippen LogP contribution in [0, 0.1) is 0 Å². The van der Waals surface area contributed by atoms with Gasteiger partial charge in [-0.1, -0.05) is 44.2 Å². The van der Waals surface area contributed by atoms with E-state index in [0.717, 1.165) is 16.8 Å². The molecule has 1 aromatic carbocycles. The highest BCUT2D eigenvalue weighted by molar-refractivity contribution is 5.61. The maximum Gasteiger partial charge on any atom is 0.166 e. The summed E-state index contributed by atoms with van der Waals surface area (Å²) >= 11 is 0. The summed E-state index contributed by atoms with van der Waals surface area (Å²) in [5.74, 6) is 6.41. The number of aromatic nitrogens is 2. The minimum absolute atomic E-state index is 0.346. The van der Waals surface area contributed by atoms with Crippen molar-refractivity contribution in [3.05, 3.63) is 42.0 Å². The van der Waals surface area contributed by atoms with Gasteiger partial charge in [-0.15, -0.1) is 10.2 Å². The van der Waals surface area contributed by atoms with Crippen LogP contribution in [0.15, 0.2) is 36.4 Å². The number of nitrogen functional groups attached to an aromatic ring is 1. The summed E-state index contributed by atoms with van der Waals surface area (Å²) in [6.07, 6.45) is 0. The maximum absolute atomic E-state index is 5.42. The molecule has 0 aliphatic heterocycles. The number of hydrazine groups is 1. The van der Waals surface area contributed by atoms with E-state index in [1.807, 2.05) is 36.4 Å². The van der Waals surface area contributed by atoms with E-state index in [0.29, 0.717) is 11.7 Å². The third kappa shape index (κ3) is 2.42. The minimum atomic E-state index is 0.346. The zero-order chi connectivity index (χ0) is 12.3. The SMILES string of the molecule is CC(C)c1cc(-c2ccccc2)nnc1NN. The second-order valence-electron chi connectivity index (χ2n) is 4.20. The summed E-state index contributed by atoms with van der Waals surface area (Å²) in [5, 5.41) is 8.28. The van der Waals surface area contributed by atoms with E-state index in [2.05, 4.69) is 29.5 Å². The number of anilines is 1. The predicted octanol–water partition coefficient (Wildman–Crippen LogP) is 2.55. The summed E-state index contributed by atoms with van der Waals surface area (Å²) < 4.78 is 0. The molecule has 0 atom stereocenters. The lowest BCUT2D eigenvalue weighted by molar-refractivity contribution is 0.844. The molecule has 0 amide bonds. The van der Waals surface area contributed by atoms with E-state index in [4.69, 9.17) is 5.84 Å². The average Bonchev–Trinajstić information content (AvgIpc) is 2.39. The lowest BCUT2D eigenvalue weighted by Gasteiger charge is -2.11. The van der Waals surface area contributed by atoms with Crippen LogP contribution in [-0.4, -0.2) is 10.2 Å². The van der Waals surface area contributed by atoms with Gasteiger partial charge < -0.3 is 5.43 Å². The normalized spacial score (nSPS) is 10.6. The smallest absolute Gasteiger partial charge is 0.166 e. The van der Waals surface area contributed by atoms with Crippen LogP contribution in [0.1, 0.15) is 25.3 Å². The fraction of sp³-hybridized carbons (Fsp3) is 0.231. The van der Waals surface area contributed by atoms with Crippen LogP contribution in [0.2, 0.25) is 0 Å². The molecule has 88 valence electrons. The molecule has 0 spiro atoms. The lowest BCUT2D eigenvalue weighted by atomic mass is 10.0. The molecule has 0 saturated heterocycles. The molecule has 0 bridgehead atoms. The summed E-state index contributed by atoms with van der Waals surface area (Å²) in [4.78, 5) is 0. The summed E-state index contributed by atoms with van der Waals surface area (Å²) in [5.41, 5.74) is 5.58. The Hall–Kier alpha value is -1.94. The van der Waals surface area contributed by atoms with Gasteiger partial charge in [-0.3, -0.25) is 0 Å². The number of hydrogen-bond acceptors (Lipinski definition) is 4. The highest BCUT2D eigenvalue weighted by atomic mass is 15.3. The third-order valence-electron chi connectivity index (χ3n) is 2.65. The first-order chi connectivity index (χ1) is 8.22. The minimum Gasteiger partial charge on any atom is -0.307 e. The van der Waals surface area contributed by atoms with Crippen LogP contribution >= 0.6 is 0 Å². The first kappa shape index (κ1) is 11.5. The molecule has 2 aromatic rings. The Morgan fingerprint density at radius 2 is 1.82 bits per heavy atom. The van der Waals surface area contributed by atoms with Crippen LogP contribution in [0.25, 0.3) is 11.3 Å². The maximum atomic E-state index is 5.42. The molecule has 0 fully saturated rings. The standard InChI is InChI=1S/C13H16N4/c1-9(2)11-8-12(16-17-13(11)15-14)10-6-4-3-5-7-10/h3-9H,14H2,1-2H3,(H,15,17). The zero-order valence-corrected chi connectivity index (χ0v) is 10.0. The second kappa shape index (κ2) is 4.93. The van der Waals surface area contributed by atoms with Crippen molar-refractivity contribution in [3.63, 3.8) is 0 Å². The van der Waals surface area contributed by atoms with E-state index in [-0.39, 0.29) is 0 Å². The second-order valence-corrected chi connectivity index (χ2v) is 4.20. The van der Waals surface area contributed by atoms with Crippen molar-refractivity contribution in [2.24, 2.45) is 5.84 Å². The Kier molecular flexibility index (Phi) is 3.35. The van der Waals surface area contributed by atoms with Crippen LogP contribution in [-0.2, 0) is 0 Å². The molecule has 17 heavy (non-hydrogen) atoms. The topological polar surface area (TPSA) is 63.8 Å². The van der Waals surface area contributed by atoms with Gasteiger partial charge in [0.25, 0.3) is 0 Å². The molecule has 4 nitrogen and oxygen atoms in total. The van der Waals surface area contributed by atoms with Gasteiger partial charge in [0.2, 0.25) is 0 Å². The van der Waals surface area contributed by atoms with Crippen molar-refractivity contribution in [1.29, 1.82) is 0 Å². The Bertz CT molecular complexity index is 494. The molecule has 0 aliphatic rings. The van der Waals surface area contributed by atoms with E-state index < -0.39 is 0 Å². The van der Waals surface area contributed by atoms with Crippen LogP contribution < -0.4 is 11.3 Å². The molecular weight excluding hydrogens is 212 g/mol. The fourth-order valence-electron chi connectivity index (χ4n) is 1.71. The van der Waals surface area contributed by atoms with E-state index in [1.54, 1.807) is 0 Å². The van der Waals surface area contributed by atoms with Crippen LogP contribution in [0.3, 0.4) is 0 Å². The number of nitrogens with one attached hydrogen (secondary N) is 1. The van der Waals surface area contributed by atoms with E-state index in [1.165, 1.54) is 0 Å². The van der Waals surface area contributed by atoms with Crippen molar-refractivity contribution in [2.45, 2.75) is 19.8 Å². The van der Waals surface area contributed by atoms with Gasteiger partial charge in [-0.05, 0) is 12.0 Å². The summed E-state index contributed by atoms with van der Waals surface area (Å²) in [6, 6.07) is 12.0. The zero-order valence-electron chi connectivity index (χ0n) is 10.0. The van der Waals surface area contributed by atoms with Crippen molar-refractivity contribution >= 4 is 5.82 Å². The molecular formula is C13H16N4. The van der Waals surface area contributed by atoms with Gasteiger partial charge in [-0.2, -0.15) is 0 Å². The molecule has 0 radical (unpaired) electrons. The van der Waals surface area contributed by atoms with Gasteiger partial charge in [0.15, 0.2) is 5.82 Å². The summed E-state index contributed by atoms with van der Waals surface area (Å²) in [6.45, 7) is 4.21. The van der Waals surface area contributed by atoms with Crippen molar-refractivity contribution in [1.82, 2.24) is 10.2 Å². The Morgan fingerprint density at radius 1 is 1.12 bits per heavy atom. The molecule has 3 N–H and O–H groups in total. The van der Waals surface area contributed by atoms with Crippen LogP contribution in [0.5, 0.6) is 0 Å². The van der Waals surface area contributed by atoms with Crippen molar-refractivity contribution < 1.29 is 0 Å². The molecule has 0 unspecified atom stereocenters. The van der Waals surface area contributed by atoms with Gasteiger partial charge in [0.1, 0.15) is 0 Å². The highest BCUT2D eigenvalue weighted by Gasteiger charge is 2.10. The molecule has 1 heterocycles. The van der Waals surface area contributed by atoms with Gasteiger partial charge in [-0.25, -0.2) is 5.84 Å². The van der Waals surface area contributed by atoms with Crippen molar-refractivity contribution in [3.8, 4) is 11.3 Å². The fourth-order valence-corrected chi connectivity index (χ4v) is 1.71. The monoisotopic (exact) mass is 228 g/mol. The quantitative estimate of drug-likeness (QED) is 0.626. The number of nitrogens with zero attached hydrogens (tertiary/aromatic N) is 2. The van der Waals surface area contributed by atoms with E-state index in [9.17, 15) is 0 Å². The average molecular weight is 228 g/mol. The first-order valence-corrected chi connectivity index (χ1v) is 5.62. The number of rotatable bonds is 3. The predicted molar refractivity (Wildman–Crippen MR) is 69.4 cm³/mol. The largest absolute Gasteiger partial charge is 0.307 e. The van der Waals surface area contributed by atoms with Crippen LogP contribution in [0.4, 0.5) is 5.82 Å². The van der Waals surface area contributed by atoms with Crippen molar-refractivity contribution in [2.75, 3.05) is 5.43 Å². The lowest BCUT2D eigenvalue weighted by Crippen LogP contribution is -2.13.